The van der Waals surface area contributed by atoms with E-state index in [1.165, 1.54) is 0 Å². The third kappa shape index (κ3) is 3.87. The fourth-order valence-corrected chi connectivity index (χ4v) is 2.86. The van der Waals surface area contributed by atoms with Crippen LogP contribution in [-0.4, -0.2) is 24.3 Å². The summed E-state index contributed by atoms with van der Waals surface area (Å²) in [5.41, 5.74) is 1.70. The molecule has 0 fully saturated rings. The van der Waals surface area contributed by atoms with Crippen molar-refractivity contribution in [3.63, 3.8) is 0 Å². The number of H-pyrrole nitrogens is 1. The van der Waals surface area contributed by atoms with E-state index in [1.807, 2.05) is 36.4 Å². The van der Waals surface area contributed by atoms with Crippen molar-refractivity contribution in [3.8, 4) is 11.5 Å². The minimum Gasteiger partial charge on any atom is -0.486 e. The maximum Gasteiger partial charge on any atom is 0.407 e. The second-order valence-electron chi connectivity index (χ2n) is 6.12. The van der Waals surface area contributed by atoms with Crippen molar-refractivity contribution in [1.29, 1.82) is 0 Å². The van der Waals surface area contributed by atoms with Gasteiger partial charge in [-0.25, -0.2) is 4.79 Å². The zero-order valence-electron chi connectivity index (χ0n) is 14.5. The van der Waals surface area contributed by atoms with E-state index in [2.05, 4.69) is 10.3 Å². The van der Waals surface area contributed by atoms with E-state index in [0.29, 0.717) is 35.8 Å². The van der Waals surface area contributed by atoms with Crippen LogP contribution < -0.4 is 20.3 Å². The van der Waals surface area contributed by atoms with E-state index in [0.717, 1.165) is 10.9 Å². The number of hydrogen-bond acceptors (Lipinski definition) is 5. The van der Waals surface area contributed by atoms with Gasteiger partial charge in [-0.1, -0.05) is 30.3 Å². The summed E-state index contributed by atoms with van der Waals surface area (Å²) in [4.78, 5) is 27.0. The van der Waals surface area contributed by atoms with Gasteiger partial charge in [0.1, 0.15) is 19.8 Å². The second kappa shape index (κ2) is 7.41. The van der Waals surface area contributed by atoms with E-state index in [4.69, 9.17) is 14.2 Å². The van der Waals surface area contributed by atoms with E-state index >= 15 is 0 Å². The van der Waals surface area contributed by atoms with Crippen LogP contribution in [0.25, 0.3) is 10.9 Å². The zero-order chi connectivity index (χ0) is 18.6. The van der Waals surface area contributed by atoms with E-state index in [-0.39, 0.29) is 18.7 Å². The Morgan fingerprint density at radius 2 is 1.81 bits per heavy atom. The summed E-state index contributed by atoms with van der Waals surface area (Å²) in [6.45, 7) is 1.21. The molecule has 0 radical (unpaired) electrons. The van der Waals surface area contributed by atoms with Crippen LogP contribution in [0, 0.1) is 0 Å². The summed E-state index contributed by atoms with van der Waals surface area (Å²) in [7, 11) is 0. The molecule has 0 saturated carbocycles. The molecule has 0 bridgehead atoms. The SMILES string of the molecule is O=C(NCc1cc2cc3c(cc2[nH]c1=O)OCCO3)OCc1ccccc1. The first kappa shape index (κ1) is 17.0. The standard InChI is InChI=1S/C20H18N2O5/c23-19-15(11-21-20(24)27-12-13-4-2-1-3-5-13)8-14-9-17-18(10-16(14)22-19)26-7-6-25-17/h1-5,8-10H,6-7,11-12H2,(H,21,24)(H,22,23). The lowest BCUT2D eigenvalue weighted by Gasteiger charge is -2.18. The topological polar surface area (TPSA) is 89.7 Å². The van der Waals surface area contributed by atoms with Gasteiger partial charge < -0.3 is 24.5 Å². The zero-order valence-corrected chi connectivity index (χ0v) is 14.5. The summed E-state index contributed by atoms with van der Waals surface area (Å²) >= 11 is 0. The van der Waals surface area contributed by atoms with Crippen molar-refractivity contribution >= 4 is 17.0 Å². The van der Waals surface area contributed by atoms with Crippen LogP contribution in [0.5, 0.6) is 11.5 Å². The first-order chi connectivity index (χ1) is 13.2. The molecule has 0 spiro atoms. The van der Waals surface area contributed by atoms with E-state index < -0.39 is 6.09 Å². The lowest BCUT2D eigenvalue weighted by Crippen LogP contribution is -2.27. The van der Waals surface area contributed by atoms with Gasteiger partial charge in [-0.2, -0.15) is 0 Å². The largest absolute Gasteiger partial charge is 0.486 e. The molecule has 0 atom stereocenters. The number of amides is 1. The van der Waals surface area contributed by atoms with Crippen LogP contribution >= 0.6 is 0 Å². The normalized spacial score (nSPS) is 12.6. The molecule has 2 heterocycles. The number of nitrogens with one attached hydrogen (secondary N) is 2. The molecular weight excluding hydrogens is 348 g/mol. The van der Waals surface area contributed by atoms with Crippen molar-refractivity contribution in [2.45, 2.75) is 13.2 Å². The molecule has 0 unspecified atom stereocenters. The van der Waals surface area contributed by atoms with Crippen molar-refractivity contribution in [3.05, 3.63) is 70.0 Å². The number of carbonyl (C=O) groups excluding carboxylic acids is 1. The van der Waals surface area contributed by atoms with Crippen molar-refractivity contribution in [2.75, 3.05) is 13.2 Å². The molecule has 2 N–H and O–H groups in total. The van der Waals surface area contributed by atoms with Gasteiger partial charge in [0.05, 0.1) is 12.1 Å². The highest BCUT2D eigenvalue weighted by atomic mass is 16.6. The average molecular weight is 366 g/mol. The number of hydrogen-bond donors (Lipinski definition) is 2. The Labute approximate surface area is 154 Å². The van der Waals surface area contributed by atoms with Crippen molar-refractivity contribution < 1.29 is 19.0 Å². The molecule has 7 nitrogen and oxygen atoms in total. The Morgan fingerprint density at radius 1 is 1.07 bits per heavy atom. The van der Waals surface area contributed by atoms with Gasteiger partial charge >= 0.3 is 6.09 Å². The first-order valence-corrected chi connectivity index (χ1v) is 8.59. The molecule has 1 aromatic heterocycles. The van der Waals surface area contributed by atoms with Crippen LogP contribution in [0.4, 0.5) is 4.79 Å². The summed E-state index contributed by atoms with van der Waals surface area (Å²) in [5, 5.41) is 3.40. The highest BCUT2D eigenvalue weighted by molar-refractivity contribution is 5.83. The predicted molar refractivity (Wildman–Crippen MR) is 99.0 cm³/mol. The Morgan fingerprint density at radius 3 is 2.59 bits per heavy atom. The summed E-state index contributed by atoms with van der Waals surface area (Å²) in [6, 6.07) is 14.7. The number of pyridine rings is 1. The lowest BCUT2D eigenvalue weighted by molar-refractivity contribution is 0.139. The summed E-state index contributed by atoms with van der Waals surface area (Å²) in [5.74, 6) is 1.25. The number of benzene rings is 2. The average Bonchev–Trinajstić information content (AvgIpc) is 2.70. The first-order valence-electron chi connectivity index (χ1n) is 8.59. The van der Waals surface area contributed by atoms with Gasteiger partial charge in [0, 0.05) is 17.0 Å². The minimum absolute atomic E-state index is 0.0628. The van der Waals surface area contributed by atoms with Crippen molar-refractivity contribution in [1.82, 2.24) is 10.3 Å². The van der Waals surface area contributed by atoms with Gasteiger partial charge in [0.2, 0.25) is 0 Å². The van der Waals surface area contributed by atoms with Crippen LogP contribution in [0.2, 0.25) is 0 Å². The molecular formula is C20H18N2O5. The van der Waals surface area contributed by atoms with Gasteiger partial charge in [-0.05, 0) is 17.7 Å². The van der Waals surface area contributed by atoms with Crippen molar-refractivity contribution in [2.24, 2.45) is 0 Å². The number of rotatable bonds is 4. The van der Waals surface area contributed by atoms with Gasteiger partial charge in [0.15, 0.2) is 11.5 Å². The summed E-state index contributed by atoms with van der Waals surface area (Å²) in [6.07, 6.45) is -0.583. The molecule has 3 aromatic rings. The number of alkyl carbamates (subject to hydrolysis) is 1. The van der Waals surface area contributed by atoms with Crippen LogP contribution in [0.15, 0.2) is 53.3 Å². The molecule has 27 heavy (non-hydrogen) atoms. The fourth-order valence-electron chi connectivity index (χ4n) is 2.86. The molecule has 0 saturated heterocycles. The third-order valence-electron chi connectivity index (χ3n) is 4.22. The number of ether oxygens (including phenoxy) is 3. The molecule has 1 aliphatic heterocycles. The minimum atomic E-state index is -0.583. The monoisotopic (exact) mass is 366 g/mol. The maximum atomic E-state index is 12.3. The Bertz CT molecular complexity index is 1030. The molecule has 138 valence electrons. The third-order valence-corrected chi connectivity index (χ3v) is 4.22. The van der Waals surface area contributed by atoms with Gasteiger partial charge in [-0.15, -0.1) is 0 Å². The fraction of sp³-hybridized carbons (Fsp3) is 0.200. The molecule has 1 amide bonds. The maximum absolute atomic E-state index is 12.3. The summed E-state index contributed by atoms with van der Waals surface area (Å²) < 4.78 is 16.2. The number of aromatic nitrogens is 1. The highest BCUT2D eigenvalue weighted by Gasteiger charge is 2.14. The highest BCUT2D eigenvalue weighted by Crippen LogP contribution is 2.33. The Balaban J connectivity index is 1.44. The second-order valence-corrected chi connectivity index (χ2v) is 6.12. The quantitative estimate of drug-likeness (QED) is 0.741. The van der Waals surface area contributed by atoms with Gasteiger partial charge in [-0.3, -0.25) is 4.79 Å². The molecule has 7 heteroatoms. The predicted octanol–water partition coefficient (Wildman–Crippen LogP) is 2.73. The van der Waals surface area contributed by atoms with E-state index in [1.54, 1.807) is 12.1 Å². The van der Waals surface area contributed by atoms with Gasteiger partial charge in [0.25, 0.3) is 5.56 Å². The number of fused-ring (bicyclic) bond motifs is 2. The number of carbonyl (C=O) groups is 1. The molecule has 2 aromatic carbocycles. The smallest absolute Gasteiger partial charge is 0.407 e. The molecule has 1 aliphatic rings. The Hall–Kier alpha value is -3.48. The van der Waals surface area contributed by atoms with E-state index in [9.17, 15) is 9.59 Å². The molecule has 0 aliphatic carbocycles. The van der Waals surface area contributed by atoms with Crippen LogP contribution in [-0.2, 0) is 17.9 Å². The van der Waals surface area contributed by atoms with Crippen LogP contribution in [0.3, 0.4) is 0 Å². The number of aromatic amines is 1. The molecule has 4 rings (SSSR count). The Kier molecular flexibility index (Phi) is 4.65. The van der Waals surface area contributed by atoms with Crippen LogP contribution in [0.1, 0.15) is 11.1 Å². The lowest BCUT2D eigenvalue weighted by atomic mass is 10.1.